The van der Waals surface area contributed by atoms with Crippen molar-refractivity contribution in [2.45, 2.75) is 83.7 Å². The van der Waals surface area contributed by atoms with E-state index in [0.717, 1.165) is 0 Å². The fourth-order valence-electron chi connectivity index (χ4n) is 3.54. The van der Waals surface area contributed by atoms with Gasteiger partial charge in [-0.25, -0.2) is 4.79 Å². The second kappa shape index (κ2) is 10.1. The Morgan fingerprint density at radius 3 is 2.41 bits per heavy atom. The fraction of sp³-hybridized carbons (Fsp3) is 0.542. The zero-order valence-corrected chi connectivity index (χ0v) is 22.6. The third-order valence-electron chi connectivity index (χ3n) is 6.52. The molecule has 0 spiro atoms. The van der Waals surface area contributed by atoms with E-state index in [2.05, 4.69) is 38.8 Å². The maximum Gasteiger partial charge on any atom is 0.358 e. The van der Waals surface area contributed by atoms with Crippen molar-refractivity contribution in [1.29, 1.82) is 0 Å². The lowest BCUT2D eigenvalue weighted by molar-refractivity contribution is -0.0374. The number of hydrogen-bond acceptors (Lipinski definition) is 7. The van der Waals surface area contributed by atoms with Gasteiger partial charge in [0.1, 0.15) is 11.9 Å². The Morgan fingerprint density at radius 1 is 1.18 bits per heavy atom. The molecule has 34 heavy (non-hydrogen) atoms. The number of H-pyrrole nitrogens is 1. The summed E-state index contributed by atoms with van der Waals surface area (Å²) < 4.78 is 26.3. The van der Waals surface area contributed by atoms with Crippen LogP contribution in [0.5, 0.6) is 5.75 Å². The van der Waals surface area contributed by atoms with Crippen molar-refractivity contribution in [3.8, 4) is 5.75 Å². The number of benzene rings is 1. The van der Waals surface area contributed by atoms with Crippen LogP contribution < -0.4 is 16.0 Å². The van der Waals surface area contributed by atoms with Gasteiger partial charge < -0.3 is 18.6 Å². The number of nitrogens with one attached hydrogen (secondary N) is 1. The van der Waals surface area contributed by atoms with Gasteiger partial charge in [0.05, 0.1) is 6.10 Å². The molecule has 1 saturated heterocycles. The zero-order valence-electron chi connectivity index (χ0n) is 20.8. The number of aromatic nitrogens is 2. The van der Waals surface area contributed by atoms with Gasteiger partial charge in [0.25, 0.3) is 5.56 Å². The van der Waals surface area contributed by atoms with Crippen LogP contribution in [0, 0.1) is 6.92 Å². The minimum absolute atomic E-state index is 0.0484. The molecule has 10 heteroatoms. The molecule has 1 unspecified atom stereocenters. The summed E-state index contributed by atoms with van der Waals surface area (Å²) in [6, 6.07) is 9.14. The molecule has 0 aliphatic carbocycles. The van der Waals surface area contributed by atoms with Crippen LogP contribution >= 0.6 is 12.2 Å². The third-order valence-corrected chi connectivity index (χ3v) is 11.2. The molecule has 1 aromatic heterocycles. The van der Waals surface area contributed by atoms with Gasteiger partial charge in [0.15, 0.2) is 20.6 Å². The number of ether oxygens (including phenoxy) is 3. The topological polar surface area (TPSA) is 91.8 Å². The zero-order chi connectivity index (χ0) is 25.3. The van der Waals surface area contributed by atoms with E-state index in [1.807, 2.05) is 25.1 Å². The van der Waals surface area contributed by atoms with Gasteiger partial charge >= 0.3 is 10.9 Å². The molecule has 1 N–H and O–H groups in total. The number of aryl methyl sites for hydroxylation is 1. The SMILES string of the molecule is CC[C@H]1O[C@@H](n2cc(C)c(=O)[nH]c2=O)[C@@H](O[Si](C)(C)C(C)(C)C)C1OC(=S)Oc1ccccc1. The minimum atomic E-state index is -2.33. The summed E-state index contributed by atoms with van der Waals surface area (Å²) in [6.45, 7) is 14.3. The van der Waals surface area contributed by atoms with E-state index in [0.29, 0.717) is 17.7 Å². The highest BCUT2D eigenvalue weighted by molar-refractivity contribution is 7.79. The van der Waals surface area contributed by atoms with Crippen molar-refractivity contribution in [1.82, 2.24) is 9.55 Å². The average Bonchev–Trinajstić information content (AvgIpc) is 3.07. The molecule has 3 rings (SSSR count). The first-order valence-electron chi connectivity index (χ1n) is 11.4. The smallest absolute Gasteiger partial charge is 0.358 e. The van der Waals surface area contributed by atoms with Crippen molar-refractivity contribution in [2.75, 3.05) is 0 Å². The maximum absolute atomic E-state index is 12.7. The lowest BCUT2D eigenvalue weighted by Crippen LogP contribution is -2.50. The Hall–Kier alpha value is -2.27. The number of hydrogen-bond donors (Lipinski definition) is 1. The summed E-state index contributed by atoms with van der Waals surface area (Å²) in [5.74, 6) is 0.561. The summed E-state index contributed by atoms with van der Waals surface area (Å²) in [5, 5.41) is -0.146. The fourth-order valence-corrected chi connectivity index (χ4v) is 5.03. The van der Waals surface area contributed by atoms with Crippen LogP contribution in [-0.4, -0.2) is 41.4 Å². The van der Waals surface area contributed by atoms with Crippen LogP contribution in [0.2, 0.25) is 18.1 Å². The first-order chi connectivity index (χ1) is 15.8. The average molecular weight is 507 g/mol. The molecule has 0 bridgehead atoms. The van der Waals surface area contributed by atoms with Crippen molar-refractivity contribution >= 4 is 25.8 Å². The molecule has 8 nitrogen and oxygen atoms in total. The molecule has 2 aromatic rings. The van der Waals surface area contributed by atoms with Gasteiger partial charge in [-0.1, -0.05) is 45.9 Å². The Balaban J connectivity index is 1.99. The molecule has 1 aliphatic heterocycles. The van der Waals surface area contributed by atoms with Crippen molar-refractivity contribution in [3.05, 3.63) is 62.9 Å². The highest BCUT2D eigenvalue weighted by Crippen LogP contribution is 2.43. The molecular weight excluding hydrogens is 472 g/mol. The largest absolute Gasteiger partial charge is 0.448 e. The van der Waals surface area contributed by atoms with Crippen molar-refractivity contribution in [3.63, 3.8) is 0 Å². The normalized spacial score (nSPS) is 23.0. The van der Waals surface area contributed by atoms with Crippen LogP contribution in [-0.2, 0) is 13.9 Å². The van der Waals surface area contributed by atoms with E-state index in [4.69, 9.17) is 30.9 Å². The molecule has 2 heterocycles. The second-order valence-corrected chi connectivity index (χ2v) is 15.1. The Bertz CT molecular complexity index is 1120. The molecule has 4 atom stereocenters. The monoisotopic (exact) mass is 506 g/mol. The molecule has 0 radical (unpaired) electrons. The Morgan fingerprint density at radius 2 is 1.82 bits per heavy atom. The minimum Gasteiger partial charge on any atom is -0.448 e. The van der Waals surface area contributed by atoms with Crippen molar-refractivity contribution < 1.29 is 18.6 Å². The number of nitrogens with zero attached hydrogens (tertiary/aromatic N) is 1. The molecule has 0 saturated carbocycles. The lowest BCUT2D eigenvalue weighted by Gasteiger charge is -2.40. The second-order valence-electron chi connectivity index (χ2n) is 10.0. The van der Waals surface area contributed by atoms with Crippen molar-refractivity contribution in [2.24, 2.45) is 0 Å². The summed E-state index contributed by atoms with van der Waals surface area (Å²) in [7, 11) is -2.33. The quantitative estimate of drug-likeness (QED) is 0.461. The lowest BCUT2D eigenvalue weighted by atomic mass is 10.1. The summed E-state index contributed by atoms with van der Waals surface area (Å²) in [5.41, 5.74) is -0.601. The van der Waals surface area contributed by atoms with Gasteiger partial charge in [-0.05, 0) is 43.6 Å². The molecule has 1 aliphatic rings. The summed E-state index contributed by atoms with van der Waals surface area (Å²) in [4.78, 5) is 27.1. The predicted octanol–water partition coefficient (Wildman–Crippen LogP) is 4.29. The highest BCUT2D eigenvalue weighted by Gasteiger charge is 2.52. The van der Waals surface area contributed by atoms with Crippen LogP contribution in [0.3, 0.4) is 0 Å². The molecular formula is C24H34N2O6SSi. The van der Waals surface area contributed by atoms with Crippen LogP contribution in [0.25, 0.3) is 0 Å². The van der Waals surface area contributed by atoms with E-state index in [-0.39, 0.29) is 10.3 Å². The number of aromatic amines is 1. The van der Waals surface area contributed by atoms with Crippen LogP contribution in [0.4, 0.5) is 0 Å². The van der Waals surface area contributed by atoms with E-state index < -0.39 is 44.1 Å². The Kier molecular flexibility index (Phi) is 7.86. The summed E-state index contributed by atoms with van der Waals surface area (Å²) in [6.07, 6.45) is -0.362. The number of thiocarbonyl (C=S) groups is 1. The summed E-state index contributed by atoms with van der Waals surface area (Å²) >= 11 is 5.40. The van der Waals surface area contributed by atoms with Gasteiger partial charge in [-0.3, -0.25) is 14.3 Å². The van der Waals surface area contributed by atoms with E-state index >= 15 is 0 Å². The van der Waals surface area contributed by atoms with E-state index in [1.165, 1.54) is 10.8 Å². The number of para-hydroxylation sites is 1. The van der Waals surface area contributed by atoms with Gasteiger partial charge in [0, 0.05) is 24.0 Å². The standard InChI is InChI=1S/C24H34N2O6SSi/c1-8-17-18(31-23(33)29-16-12-10-9-11-13-16)19(32-34(6,7)24(3,4)5)21(30-17)26-14-15(2)20(27)25-22(26)28/h9-14,17-19,21H,8H2,1-7H3,(H,25,27,28)/t17-,18?,19+,21-/m1/s1. The van der Waals surface area contributed by atoms with Crippen LogP contribution in [0.1, 0.15) is 45.9 Å². The highest BCUT2D eigenvalue weighted by atomic mass is 32.1. The molecule has 186 valence electrons. The van der Waals surface area contributed by atoms with E-state index in [1.54, 1.807) is 19.1 Å². The van der Waals surface area contributed by atoms with Gasteiger partial charge in [0.2, 0.25) is 0 Å². The predicted molar refractivity (Wildman–Crippen MR) is 137 cm³/mol. The maximum atomic E-state index is 12.7. The first kappa shape index (κ1) is 26.3. The molecule has 1 fully saturated rings. The Labute approximate surface area is 206 Å². The van der Waals surface area contributed by atoms with Crippen LogP contribution in [0.15, 0.2) is 46.1 Å². The molecule has 1 aromatic carbocycles. The van der Waals surface area contributed by atoms with Gasteiger partial charge in [-0.2, -0.15) is 0 Å². The van der Waals surface area contributed by atoms with E-state index in [9.17, 15) is 9.59 Å². The first-order valence-corrected chi connectivity index (χ1v) is 14.7. The number of rotatable bonds is 6. The molecule has 0 amide bonds. The third kappa shape index (κ3) is 5.68. The van der Waals surface area contributed by atoms with Gasteiger partial charge in [-0.15, -0.1) is 0 Å².